The second-order valence-electron chi connectivity index (χ2n) is 13.8. The quantitative estimate of drug-likeness (QED) is 0.0949. The highest BCUT2D eigenvalue weighted by Crippen LogP contribution is 2.28. The number of benzene rings is 3. The summed E-state index contributed by atoms with van der Waals surface area (Å²) in [6.07, 6.45) is 15.3. The summed E-state index contributed by atoms with van der Waals surface area (Å²) in [4.78, 5) is 29.7. The molecule has 6 nitrogen and oxygen atoms in total. The third kappa shape index (κ3) is 9.61. The van der Waals surface area contributed by atoms with Crippen molar-refractivity contribution >= 4 is 0 Å². The molecule has 0 unspecified atom stereocenters. The van der Waals surface area contributed by atoms with E-state index in [9.17, 15) is 0 Å². The van der Waals surface area contributed by atoms with E-state index in [2.05, 4.69) is 113 Å². The van der Waals surface area contributed by atoms with E-state index in [1.807, 2.05) is 12.3 Å². The van der Waals surface area contributed by atoms with Crippen LogP contribution in [0.4, 0.5) is 0 Å². The van der Waals surface area contributed by atoms with Gasteiger partial charge in [-0.3, -0.25) is 4.98 Å². The van der Waals surface area contributed by atoms with Gasteiger partial charge in [-0.25, -0.2) is 24.9 Å². The van der Waals surface area contributed by atoms with Gasteiger partial charge < -0.3 is 0 Å². The number of rotatable bonds is 17. The Morgan fingerprint density at radius 3 is 1.15 bits per heavy atom. The fraction of sp³-hybridized carbons (Fsp3) is 0.348. The first-order valence-electron chi connectivity index (χ1n) is 19.5. The molecule has 0 radical (unpaired) electrons. The predicted molar refractivity (Wildman–Crippen MR) is 215 cm³/mol. The van der Waals surface area contributed by atoms with Crippen molar-refractivity contribution in [1.82, 2.24) is 29.9 Å². The maximum absolute atomic E-state index is 4.97. The van der Waals surface area contributed by atoms with E-state index in [4.69, 9.17) is 29.9 Å². The van der Waals surface area contributed by atoms with Crippen LogP contribution < -0.4 is 0 Å². The van der Waals surface area contributed by atoms with Gasteiger partial charge in [-0.1, -0.05) is 126 Å². The first-order valence-corrected chi connectivity index (χ1v) is 19.5. The van der Waals surface area contributed by atoms with Crippen molar-refractivity contribution in [2.75, 3.05) is 0 Å². The lowest BCUT2D eigenvalue weighted by Gasteiger charge is -2.10. The molecule has 3 heterocycles. The zero-order chi connectivity index (χ0) is 36.1. The average molecular weight is 689 g/mol. The molecule has 266 valence electrons. The number of hydrogen-bond acceptors (Lipinski definition) is 6. The number of unbranched alkanes of at least 4 members (excludes halogenated alkanes) is 4. The van der Waals surface area contributed by atoms with Crippen LogP contribution in [0.5, 0.6) is 0 Å². The van der Waals surface area contributed by atoms with Crippen LogP contribution in [0.25, 0.3) is 56.8 Å². The molecule has 0 saturated heterocycles. The first kappa shape index (κ1) is 36.7. The maximum Gasteiger partial charge on any atom is 0.165 e. The summed E-state index contributed by atoms with van der Waals surface area (Å²) in [6.45, 7) is 8.90. The van der Waals surface area contributed by atoms with E-state index < -0.39 is 0 Å². The third-order valence-corrected chi connectivity index (χ3v) is 9.56. The molecule has 0 bridgehead atoms. The van der Waals surface area contributed by atoms with Gasteiger partial charge in [0, 0.05) is 45.4 Å². The second-order valence-corrected chi connectivity index (χ2v) is 13.8. The summed E-state index contributed by atoms with van der Waals surface area (Å²) in [6, 6.07) is 32.0. The molecule has 6 rings (SSSR count). The summed E-state index contributed by atoms with van der Waals surface area (Å²) < 4.78 is 0. The molecular weight excluding hydrogens is 637 g/mol. The van der Waals surface area contributed by atoms with Crippen molar-refractivity contribution < 1.29 is 0 Å². The Kier molecular flexibility index (Phi) is 13.0. The summed E-state index contributed by atoms with van der Waals surface area (Å²) in [7, 11) is 0. The maximum atomic E-state index is 4.97. The predicted octanol–water partition coefficient (Wildman–Crippen LogP) is 11.8. The molecular formula is C46H52N6. The fourth-order valence-electron chi connectivity index (χ4n) is 6.31. The van der Waals surface area contributed by atoms with E-state index in [0.29, 0.717) is 17.5 Å². The highest BCUT2D eigenvalue weighted by molar-refractivity contribution is 5.69. The summed E-state index contributed by atoms with van der Waals surface area (Å²) in [5.74, 6) is 2.74. The normalized spacial score (nSPS) is 11.2. The van der Waals surface area contributed by atoms with Gasteiger partial charge in [0.25, 0.3) is 0 Å². The van der Waals surface area contributed by atoms with Crippen LogP contribution in [0, 0.1) is 0 Å². The summed E-state index contributed by atoms with van der Waals surface area (Å²) in [5, 5.41) is 0. The Labute approximate surface area is 310 Å². The van der Waals surface area contributed by atoms with Gasteiger partial charge in [0.15, 0.2) is 23.3 Å². The molecule has 6 aromatic rings. The summed E-state index contributed by atoms with van der Waals surface area (Å²) in [5.41, 5.74) is 10.7. The molecule has 0 atom stereocenters. The van der Waals surface area contributed by atoms with E-state index in [1.165, 1.54) is 36.8 Å². The standard InChI is InChI=1S/C46H52N6/c1-5-9-13-33-17-21-36(22-18-33)44-50-45(37-23-19-34(20-24-37)14-10-6-2)52-46(51-44)39-29-30-42(47-32-39)35-25-27-38(28-26-35)43-48-40(15-11-7-3)31-41(49-43)16-12-8-4/h17-32H,5-16H2,1-4H3. The van der Waals surface area contributed by atoms with E-state index in [-0.39, 0.29) is 0 Å². The monoisotopic (exact) mass is 688 g/mol. The van der Waals surface area contributed by atoms with Gasteiger partial charge in [0.1, 0.15) is 0 Å². The number of hydrogen-bond donors (Lipinski definition) is 0. The Hall–Kier alpha value is -5.10. The third-order valence-electron chi connectivity index (χ3n) is 9.56. The van der Waals surface area contributed by atoms with Crippen LogP contribution in [0.2, 0.25) is 0 Å². The lowest BCUT2D eigenvalue weighted by molar-refractivity contribution is 0.750. The number of aromatic nitrogens is 6. The van der Waals surface area contributed by atoms with Crippen molar-refractivity contribution in [1.29, 1.82) is 0 Å². The number of pyridine rings is 1. The SMILES string of the molecule is CCCCc1ccc(-c2nc(-c3ccc(CCCC)cc3)nc(-c3ccc(-c4ccc(-c5nc(CCCC)cc(CCCC)n5)cc4)nc3)n2)cc1. The van der Waals surface area contributed by atoms with Gasteiger partial charge in [-0.05, 0) is 80.7 Å². The average Bonchev–Trinajstić information content (AvgIpc) is 3.21. The highest BCUT2D eigenvalue weighted by Gasteiger charge is 2.14. The molecule has 0 N–H and O–H groups in total. The van der Waals surface area contributed by atoms with Crippen molar-refractivity contribution in [3.05, 3.63) is 120 Å². The molecule has 0 fully saturated rings. The molecule has 0 aliphatic rings. The van der Waals surface area contributed by atoms with Crippen LogP contribution in [0.15, 0.2) is 97.2 Å². The Morgan fingerprint density at radius 2 is 0.731 bits per heavy atom. The minimum Gasteiger partial charge on any atom is -0.255 e. The smallest absolute Gasteiger partial charge is 0.165 e. The molecule has 0 aliphatic carbocycles. The second kappa shape index (κ2) is 18.4. The van der Waals surface area contributed by atoms with Crippen LogP contribution in [0.1, 0.15) is 102 Å². The molecule has 52 heavy (non-hydrogen) atoms. The van der Waals surface area contributed by atoms with Gasteiger partial charge in [-0.2, -0.15) is 0 Å². The van der Waals surface area contributed by atoms with E-state index in [0.717, 1.165) is 102 Å². The molecule has 3 aromatic carbocycles. The number of aryl methyl sites for hydroxylation is 4. The minimum atomic E-state index is 0.610. The highest BCUT2D eigenvalue weighted by atomic mass is 15.0. The van der Waals surface area contributed by atoms with Gasteiger partial charge >= 0.3 is 0 Å². The fourth-order valence-corrected chi connectivity index (χ4v) is 6.31. The molecule has 0 aliphatic heterocycles. The van der Waals surface area contributed by atoms with Crippen molar-refractivity contribution in [2.24, 2.45) is 0 Å². The lowest BCUT2D eigenvalue weighted by atomic mass is 10.0. The van der Waals surface area contributed by atoms with Crippen molar-refractivity contribution in [3.8, 4) is 56.8 Å². The van der Waals surface area contributed by atoms with Crippen LogP contribution in [-0.4, -0.2) is 29.9 Å². The topological polar surface area (TPSA) is 77.3 Å². The molecule has 3 aromatic heterocycles. The van der Waals surface area contributed by atoms with E-state index in [1.54, 1.807) is 0 Å². The van der Waals surface area contributed by atoms with Crippen LogP contribution in [-0.2, 0) is 25.7 Å². The minimum absolute atomic E-state index is 0.610. The molecule has 0 saturated carbocycles. The molecule has 0 amide bonds. The van der Waals surface area contributed by atoms with Crippen molar-refractivity contribution in [2.45, 2.75) is 105 Å². The van der Waals surface area contributed by atoms with Crippen molar-refractivity contribution in [3.63, 3.8) is 0 Å². The number of nitrogens with zero attached hydrogens (tertiary/aromatic N) is 6. The first-order chi connectivity index (χ1) is 25.6. The Balaban J connectivity index is 1.28. The van der Waals surface area contributed by atoms with Gasteiger partial charge in [0.05, 0.1) is 5.69 Å². The van der Waals surface area contributed by atoms with Gasteiger partial charge in [-0.15, -0.1) is 0 Å². The van der Waals surface area contributed by atoms with Gasteiger partial charge in [0.2, 0.25) is 0 Å². The summed E-state index contributed by atoms with van der Waals surface area (Å²) >= 11 is 0. The Morgan fingerprint density at radius 1 is 0.365 bits per heavy atom. The lowest BCUT2D eigenvalue weighted by Crippen LogP contribution is -2.01. The van der Waals surface area contributed by atoms with Crippen LogP contribution >= 0.6 is 0 Å². The molecule has 6 heteroatoms. The zero-order valence-corrected chi connectivity index (χ0v) is 31.4. The van der Waals surface area contributed by atoms with Crippen LogP contribution in [0.3, 0.4) is 0 Å². The molecule has 0 spiro atoms. The Bertz CT molecular complexity index is 1900. The van der Waals surface area contributed by atoms with E-state index >= 15 is 0 Å². The zero-order valence-electron chi connectivity index (χ0n) is 31.4. The largest absolute Gasteiger partial charge is 0.255 e.